The molecular weight excluding hydrogens is 362 g/mol. The molecule has 28 heavy (non-hydrogen) atoms. The van der Waals surface area contributed by atoms with Crippen molar-refractivity contribution >= 4 is 0 Å². The molecule has 0 aromatic heterocycles. The second-order valence-electron chi connectivity index (χ2n) is 6.82. The Bertz CT molecular complexity index is 794. The molecular formula is C23H26F2O3. The van der Waals surface area contributed by atoms with E-state index in [0.29, 0.717) is 12.5 Å². The van der Waals surface area contributed by atoms with E-state index in [1.807, 2.05) is 25.1 Å². The van der Waals surface area contributed by atoms with E-state index in [9.17, 15) is 8.78 Å². The van der Waals surface area contributed by atoms with Gasteiger partial charge in [0, 0.05) is 5.92 Å². The largest absolute Gasteiger partial charge is 0.491 e. The summed E-state index contributed by atoms with van der Waals surface area (Å²) in [6, 6.07) is 10.8. The van der Waals surface area contributed by atoms with Gasteiger partial charge in [0.1, 0.15) is 6.61 Å². The molecule has 1 fully saturated rings. The smallest absolute Gasteiger partial charge is 0.204 e. The van der Waals surface area contributed by atoms with Gasteiger partial charge in [-0.1, -0.05) is 36.4 Å². The van der Waals surface area contributed by atoms with Gasteiger partial charge in [-0.25, -0.2) is 0 Å². The van der Waals surface area contributed by atoms with E-state index in [4.69, 9.17) is 14.2 Å². The zero-order chi connectivity index (χ0) is 19.9. The van der Waals surface area contributed by atoms with Gasteiger partial charge in [0.15, 0.2) is 11.5 Å². The molecule has 2 atom stereocenters. The van der Waals surface area contributed by atoms with Gasteiger partial charge in [-0.3, -0.25) is 0 Å². The SMILES string of the molecule is C/C=C/C1CCC(c2ccc(COc3ccc(OCC)c(F)c3F)cc2)CO1. The second kappa shape index (κ2) is 9.69. The lowest BCUT2D eigenvalue weighted by atomic mass is 9.91. The van der Waals surface area contributed by atoms with Crippen LogP contribution in [0.2, 0.25) is 0 Å². The third-order valence-electron chi connectivity index (χ3n) is 4.87. The first kappa shape index (κ1) is 20.3. The maximum Gasteiger partial charge on any atom is 0.204 e. The van der Waals surface area contributed by atoms with Crippen molar-refractivity contribution in [2.45, 2.75) is 45.3 Å². The number of ether oxygens (including phenoxy) is 3. The molecule has 3 rings (SSSR count). The highest BCUT2D eigenvalue weighted by Crippen LogP contribution is 2.30. The molecule has 0 saturated carbocycles. The zero-order valence-electron chi connectivity index (χ0n) is 16.3. The van der Waals surface area contributed by atoms with Crippen molar-refractivity contribution in [3.63, 3.8) is 0 Å². The van der Waals surface area contributed by atoms with Gasteiger partial charge in [-0.15, -0.1) is 0 Å². The first-order valence-electron chi connectivity index (χ1n) is 9.69. The van der Waals surface area contributed by atoms with Gasteiger partial charge >= 0.3 is 0 Å². The molecule has 1 heterocycles. The second-order valence-corrected chi connectivity index (χ2v) is 6.82. The molecule has 2 aromatic rings. The fourth-order valence-corrected chi connectivity index (χ4v) is 3.34. The van der Waals surface area contributed by atoms with Crippen LogP contribution in [0.3, 0.4) is 0 Å². The first-order chi connectivity index (χ1) is 13.6. The average Bonchev–Trinajstić information content (AvgIpc) is 2.72. The third kappa shape index (κ3) is 4.90. The Balaban J connectivity index is 1.57. The Hall–Kier alpha value is -2.40. The van der Waals surface area contributed by atoms with Gasteiger partial charge in [0.25, 0.3) is 0 Å². The maximum absolute atomic E-state index is 14.1. The molecule has 1 aliphatic rings. The van der Waals surface area contributed by atoms with E-state index >= 15 is 0 Å². The van der Waals surface area contributed by atoms with Gasteiger partial charge in [0.2, 0.25) is 11.6 Å². The molecule has 3 nitrogen and oxygen atoms in total. The van der Waals surface area contributed by atoms with Crippen LogP contribution in [-0.2, 0) is 11.3 Å². The van der Waals surface area contributed by atoms with Crippen LogP contribution < -0.4 is 9.47 Å². The molecule has 0 spiro atoms. The third-order valence-corrected chi connectivity index (χ3v) is 4.87. The number of allylic oxidation sites excluding steroid dienone is 1. The molecule has 0 aliphatic carbocycles. The molecule has 2 aromatic carbocycles. The lowest BCUT2D eigenvalue weighted by molar-refractivity contribution is 0.0326. The summed E-state index contributed by atoms with van der Waals surface area (Å²) in [4.78, 5) is 0. The van der Waals surface area contributed by atoms with Crippen molar-refractivity contribution in [1.29, 1.82) is 0 Å². The normalized spacial score (nSPS) is 19.7. The topological polar surface area (TPSA) is 27.7 Å². The number of hydrogen-bond donors (Lipinski definition) is 0. The molecule has 2 unspecified atom stereocenters. The van der Waals surface area contributed by atoms with E-state index in [1.165, 1.54) is 17.7 Å². The molecule has 150 valence electrons. The summed E-state index contributed by atoms with van der Waals surface area (Å²) in [5.74, 6) is -1.90. The van der Waals surface area contributed by atoms with Crippen LogP contribution in [-0.4, -0.2) is 19.3 Å². The summed E-state index contributed by atoms with van der Waals surface area (Å²) in [7, 11) is 0. The highest BCUT2D eigenvalue weighted by atomic mass is 19.2. The van der Waals surface area contributed by atoms with Crippen LogP contribution in [0.15, 0.2) is 48.6 Å². The summed E-state index contributed by atoms with van der Waals surface area (Å²) in [6.07, 6.45) is 6.45. The summed E-state index contributed by atoms with van der Waals surface area (Å²) in [5, 5.41) is 0. The van der Waals surface area contributed by atoms with Crippen molar-refractivity contribution in [2.75, 3.05) is 13.2 Å². The Morgan fingerprint density at radius 1 is 1.00 bits per heavy atom. The molecule has 0 radical (unpaired) electrons. The lowest BCUT2D eigenvalue weighted by Crippen LogP contribution is -2.23. The fraction of sp³-hybridized carbons (Fsp3) is 0.391. The predicted octanol–water partition coefficient (Wildman–Crippen LogP) is 5.78. The Kier molecular flexibility index (Phi) is 7.04. The molecule has 0 amide bonds. The Labute approximate surface area is 164 Å². The van der Waals surface area contributed by atoms with Crippen molar-refractivity contribution in [3.8, 4) is 11.5 Å². The van der Waals surface area contributed by atoms with Gasteiger partial charge in [-0.05, 0) is 49.9 Å². The number of hydrogen-bond acceptors (Lipinski definition) is 3. The van der Waals surface area contributed by atoms with Gasteiger partial charge in [-0.2, -0.15) is 8.78 Å². The van der Waals surface area contributed by atoms with E-state index in [1.54, 1.807) is 6.92 Å². The summed E-state index contributed by atoms with van der Waals surface area (Å²) in [5.41, 5.74) is 2.11. The minimum atomic E-state index is -1.03. The minimum absolute atomic E-state index is 0.108. The molecule has 0 N–H and O–H groups in total. The van der Waals surface area contributed by atoms with Gasteiger partial charge < -0.3 is 14.2 Å². The summed E-state index contributed by atoms with van der Waals surface area (Å²) in [6.45, 7) is 4.86. The average molecular weight is 388 g/mol. The van der Waals surface area contributed by atoms with Crippen LogP contribution in [0.4, 0.5) is 8.78 Å². The highest BCUT2D eigenvalue weighted by molar-refractivity contribution is 5.35. The molecule has 5 heteroatoms. The Morgan fingerprint density at radius 3 is 2.25 bits per heavy atom. The van der Waals surface area contributed by atoms with Crippen molar-refractivity contribution in [2.24, 2.45) is 0 Å². The zero-order valence-corrected chi connectivity index (χ0v) is 16.3. The van der Waals surface area contributed by atoms with E-state index in [2.05, 4.69) is 18.2 Å². The van der Waals surface area contributed by atoms with Crippen LogP contribution in [0, 0.1) is 11.6 Å². The van der Waals surface area contributed by atoms with Gasteiger partial charge in [0.05, 0.1) is 19.3 Å². The molecule has 1 aliphatic heterocycles. The lowest BCUT2D eigenvalue weighted by Gasteiger charge is -2.27. The molecule has 0 bridgehead atoms. The van der Waals surface area contributed by atoms with Crippen LogP contribution in [0.25, 0.3) is 0 Å². The minimum Gasteiger partial charge on any atom is -0.491 e. The van der Waals surface area contributed by atoms with E-state index in [0.717, 1.165) is 18.4 Å². The monoisotopic (exact) mass is 388 g/mol. The first-order valence-corrected chi connectivity index (χ1v) is 9.69. The van der Waals surface area contributed by atoms with Crippen molar-refractivity contribution < 1.29 is 23.0 Å². The summed E-state index contributed by atoms with van der Waals surface area (Å²) >= 11 is 0. The number of halogens is 2. The number of benzene rings is 2. The predicted molar refractivity (Wildman–Crippen MR) is 105 cm³/mol. The maximum atomic E-state index is 14.1. The van der Waals surface area contributed by atoms with Crippen LogP contribution in [0.1, 0.15) is 43.7 Å². The summed E-state index contributed by atoms with van der Waals surface area (Å²) < 4.78 is 44.4. The van der Waals surface area contributed by atoms with Crippen molar-refractivity contribution in [3.05, 3.63) is 71.3 Å². The van der Waals surface area contributed by atoms with Crippen molar-refractivity contribution in [1.82, 2.24) is 0 Å². The number of rotatable bonds is 7. The highest BCUT2D eigenvalue weighted by Gasteiger charge is 2.21. The molecule has 1 saturated heterocycles. The van der Waals surface area contributed by atoms with Crippen LogP contribution in [0.5, 0.6) is 11.5 Å². The standard InChI is InChI=1S/C23H26F2O3/c1-3-5-19-11-10-18(15-27-19)17-8-6-16(7-9-17)14-28-21-13-12-20(26-4-2)22(24)23(21)25/h3,5-9,12-13,18-19H,4,10-11,14-15H2,1-2H3/b5-3+. The Morgan fingerprint density at radius 2 is 1.68 bits per heavy atom. The quantitative estimate of drug-likeness (QED) is 0.563. The van der Waals surface area contributed by atoms with E-state index in [-0.39, 0.29) is 30.8 Å². The van der Waals surface area contributed by atoms with Crippen LogP contribution >= 0.6 is 0 Å². The fourth-order valence-electron chi connectivity index (χ4n) is 3.34. The van der Waals surface area contributed by atoms with E-state index < -0.39 is 11.6 Å².